The van der Waals surface area contributed by atoms with Gasteiger partial charge in [-0.3, -0.25) is 9.69 Å². The van der Waals surface area contributed by atoms with Crippen LogP contribution in [0.15, 0.2) is 53.4 Å². The molecule has 1 fully saturated rings. The van der Waals surface area contributed by atoms with E-state index in [-0.39, 0.29) is 0 Å². The first-order valence-corrected chi connectivity index (χ1v) is 10.2. The maximum Gasteiger partial charge on any atom is 0.320 e. The van der Waals surface area contributed by atoms with Crippen LogP contribution >= 0.6 is 11.8 Å². The summed E-state index contributed by atoms with van der Waals surface area (Å²) in [6.07, 6.45) is 1.95. The van der Waals surface area contributed by atoms with Crippen LogP contribution in [-0.4, -0.2) is 41.1 Å². The van der Waals surface area contributed by atoms with Crippen molar-refractivity contribution in [2.24, 2.45) is 0 Å². The summed E-state index contributed by atoms with van der Waals surface area (Å²) in [6, 6.07) is 17.3. The first-order valence-electron chi connectivity index (χ1n) is 9.21. The van der Waals surface area contributed by atoms with E-state index in [1.54, 1.807) is 6.92 Å². The van der Waals surface area contributed by atoms with E-state index in [2.05, 4.69) is 58.3 Å². The largest absolute Gasteiger partial charge is 0.480 e. The van der Waals surface area contributed by atoms with E-state index in [4.69, 9.17) is 0 Å². The number of para-hydroxylation sites is 2. The van der Waals surface area contributed by atoms with Crippen molar-refractivity contribution in [3.63, 3.8) is 0 Å². The summed E-state index contributed by atoms with van der Waals surface area (Å²) >= 11 is 1.90. The molecule has 2 aromatic carbocycles. The second-order valence-corrected chi connectivity index (χ2v) is 8.05. The number of hydrogen-bond donors (Lipinski definition) is 1. The standard InChI is InChI=1S/C21H24N2O2S/c1-15(21(24)25)22-12-10-17(11-13-22)23-18-7-3-2-6-16(18)14-26-20-9-5-4-8-19(20)23/h2-9,15,17H,10-14H2,1H3,(H,24,25). The third-order valence-electron chi connectivity index (χ3n) is 5.53. The van der Waals surface area contributed by atoms with Crippen molar-refractivity contribution >= 4 is 29.1 Å². The predicted molar refractivity (Wildman–Crippen MR) is 106 cm³/mol. The van der Waals surface area contributed by atoms with E-state index in [1.807, 2.05) is 11.8 Å². The van der Waals surface area contributed by atoms with E-state index in [1.165, 1.54) is 21.8 Å². The monoisotopic (exact) mass is 368 g/mol. The van der Waals surface area contributed by atoms with Crippen molar-refractivity contribution in [3.05, 3.63) is 54.1 Å². The number of rotatable bonds is 3. The molecule has 26 heavy (non-hydrogen) atoms. The van der Waals surface area contributed by atoms with Gasteiger partial charge in [-0.15, -0.1) is 11.8 Å². The SMILES string of the molecule is CC(C(=O)O)N1CCC(N2c3ccccc3CSc3ccccc32)CC1. The number of carboxylic acid groups (broad SMARTS) is 1. The van der Waals surface area contributed by atoms with Gasteiger partial charge in [0.05, 0.1) is 5.69 Å². The first-order chi connectivity index (χ1) is 12.6. The first kappa shape index (κ1) is 17.4. The summed E-state index contributed by atoms with van der Waals surface area (Å²) in [4.78, 5) is 17.2. The summed E-state index contributed by atoms with van der Waals surface area (Å²) in [6.45, 7) is 3.44. The number of thioether (sulfide) groups is 1. The van der Waals surface area contributed by atoms with Crippen molar-refractivity contribution in [3.8, 4) is 0 Å². The lowest BCUT2D eigenvalue weighted by molar-refractivity contribution is -0.143. The molecule has 0 bridgehead atoms. The summed E-state index contributed by atoms with van der Waals surface area (Å²) in [5.74, 6) is 0.254. The minimum Gasteiger partial charge on any atom is -0.480 e. The molecule has 2 aliphatic rings. The Hall–Kier alpha value is -1.98. The molecule has 0 radical (unpaired) electrons. The smallest absolute Gasteiger partial charge is 0.320 e. The van der Waals surface area contributed by atoms with E-state index in [0.29, 0.717) is 6.04 Å². The van der Waals surface area contributed by atoms with E-state index >= 15 is 0 Å². The van der Waals surface area contributed by atoms with Gasteiger partial charge in [0.15, 0.2) is 0 Å². The Morgan fingerprint density at radius 1 is 1.08 bits per heavy atom. The highest BCUT2D eigenvalue weighted by atomic mass is 32.2. The molecule has 2 aromatic rings. The molecule has 1 unspecified atom stereocenters. The van der Waals surface area contributed by atoms with Gasteiger partial charge >= 0.3 is 5.97 Å². The van der Waals surface area contributed by atoms with Crippen molar-refractivity contribution in [1.29, 1.82) is 0 Å². The van der Waals surface area contributed by atoms with Gasteiger partial charge in [0.1, 0.15) is 6.04 Å². The molecule has 4 nitrogen and oxygen atoms in total. The van der Waals surface area contributed by atoms with E-state index in [9.17, 15) is 9.90 Å². The van der Waals surface area contributed by atoms with Gasteiger partial charge < -0.3 is 10.0 Å². The Labute approximate surface area is 158 Å². The topological polar surface area (TPSA) is 43.8 Å². The third-order valence-corrected chi connectivity index (χ3v) is 6.64. The zero-order valence-corrected chi connectivity index (χ0v) is 15.8. The number of carbonyl (C=O) groups is 1. The number of piperidine rings is 1. The van der Waals surface area contributed by atoms with Gasteiger partial charge in [0.2, 0.25) is 0 Å². The predicted octanol–water partition coefficient (Wildman–Crippen LogP) is 4.37. The average Bonchev–Trinajstić information content (AvgIpc) is 2.84. The zero-order valence-electron chi connectivity index (χ0n) is 15.0. The Balaban J connectivity index is 1.65. The second kappa shape index (κ2) is 7.33. The number of nitrogens with zero attached hydrogens (tertiary/aromatic N) is 2. The fourth-order valence-corrected chi connectivity index (χ4v) is 5.06. The molecule has 4 rings (SSSR count). The molecule has 0 aromatic heterocycles. The Morgan fingerprint density at radius 2 is 1.73 bits per heavy atom. The van der Waals surface area contributed by atoms with Gasteiger partial charge in [-0.2, -0.15) is 0 Å². The van der Waals surface area contributed by atoms with Crippen LogP contribution in [0.25, 0.3) is 0 Å². The van der Waals surface area contributed by atoms with Crippen LogP contribution in [-0.2, 0) is 10.5 Å². The molecule has 0 saturated carbocycles. The Bertz CT molecular complexity index is 755. The maximum atomic E-state index is 11.3. The minimum atomic E-state index is -0.731. The number of anilines is 2. The number of likely N-dealkylation sites (tertiary alicyclic amines) is 1. The van der Waals surface area contributed by atoms with Gasteiger partial charge in [-0.05, 0) is 43.5 Å². The van der Waals surface area contributed by atoms with Crippen LogP contribution in [0.4, 0.5) is 11.4 Å². The lowest BCUT2D eigenvalue weighted by Crippen LogP contribution is -2.48. The molecular weight excluding hydrogens is 344 g/mol. The van der Waals surface area contributed by atoms with E-state index in [0.717, 1.165) is 31.7 Å². The second-order valence-electron chi connectivity index (χ2n) is 7.04. The summed E-state index contributed by atoms with van der Waals surface area (Å²) in [5.41, 5.74) is 3.96. The molecule has 0 spiro atoms. The lowest BCUT2D eigenvalue weighted by atomic mass is 9.99. The number of hydrogen-bond acceptors (Lipinski definition) is 4. The van der Waals surface area contributed by atoms with Crippen molar-refractivity contribution in [2.75, 3.05) is 18.0 Å². The third kappa shape index (κ3) is 3.21. The molecule has 1 atom stereocenters. The maximum absolute atomic E-state index is 11.3. The number of aliphatic carboxylic acids is 1. The van der Waals surface area contributed by atoms with Crippen LogP contribution in [0.1, 0.15) is 25.3 Å². The van der Waals surface area contributed by atoms with E-state index < -0.39 is 12.0 Å². The number of carboxylic acids is 1. The molecule has 5 heteroatoms. The van der Waals surface area contributed by atoms with Crippen molar-refractivity contribution in [1.82, 2.24) is 4.90 Å². The van der Waals surface area contributed by atoms with Crippen LogP contribution in [0, 0.1) is 0 Å². The average molecular weight is 369 g/mol. The molecule has 2 heterocycles. The Morgan fingerprint density at radius 3 is 2.46 bits per heavy atom. The summed E-state index contributed by atoms with van der Waals surface area (Å²) < 4.78 is 0. The molecule has 0 amide bonds. The van der Waals surface area contributed by atoms with Crippen molar-refractivity contribution < 1.29 is 9.90 Å². The Kier molecular flexibility index (Phi) is 4.92. The van der Waals surface area contributed by atoms with Crippen LogP contribution in [0.2, 0.25) is 0 Å². The fraction of sp³-hybridized carbons (Fsp3) is 0.381. The van der Waals surface area contributed by atoms with Gasteiger partial charge in [0.25, 0.3) is 0 Å². The fourth-order valence-electron chi connectivity index (χ4n) is 4.01. The molecule has 136 valence electrons. The highest BCUT2D eigenvalue weighted by Crippen LogP contribution is 2.44. The molecule has 1 N–H and O–H groups in total. The van der Waals surface area contributed by atoms with Gasteiger partial charge in [-0.1, -0.05) is 30.3 Å². The van der Waals surface area contributed by atoms with Gasteiger partial charge in [-0.25, -0.2) is 0 Å². The molecular formula is C21H24N2O2S. The van der Waals surface area contributed by atoms with Crippen LogP contribution < -0.4 is 4.90 Å². The van der Waals surface area contributed by atoms with Crippen LogP contribution in [0.5, 0.6) is 0 Å². The molecule has 1 saturated heterocycles. The zero-order chi connectivity index (χ0) is 18.1. The lowest BCUT2D eigenvalue weighted by Gasteiger charge is -2.41. The minimum absolute atomic E-state index is 0.397. The highest BCUT2D eigenvalue weighted by molar-refractivity contribution is 7.98. The summed E-state index contributed by atoms with van der Waals surface area (Å²) in [5, 5.41) is 9.29. The molecule has 2 aliphatic heterocycles. The highest BCUT2D eigenvalue weighted by Gasteiger charge is 2.32. The van der Waals surface area contributed by atoms with Gasteiger partial charge in [0, 0.05) is 35.5 Å². The van der Waals surface area contributed by atoms with Crippen molar-refractivity contribution in [2.45, 2.75) is 42.5 Å². The summed E-state index contributed by atoms with van der Waals surface area (Å²) in [7, 11) is 0. The normalized spacial score (nSPS) is 19.3. The quantitative estimate of drug-likeness (QED) is 0.872. The van der Waals surface area contributed by atoms with Crippen LogP contribution in [0.3, 0.4) is 0 Å². The number of benzene rings is 2. The number of fused-ring (bicyclic) bond motifs is 2. The molecule has 0 aliphatic carbocycles.